The molecule has 3 heterocycles. The molecule has 13 heteroatoms. The van der Waals surface area contributed by atoms with Crippen LogP contribution in [0.25, 0.3) is 22.2 Å². The number of hydrogen-bond acceptors (Lipinski definition) is 7. The van der Waals surface area contributed by atoms with E-state index >= 15 is 4.39 Å². The second kappa shape index (κ2) is 10.9. The van der Waals surface area contributed by atoms with Gasteiger partial charge in [0.15, 0.2) is 11.6 Å². The van der Waals surface area contributed by atoms with E-state index in [4.69, 9.17) is 26.8 Å². The van der Waals surface area contributed by atoms with E-state index in [1.165, 1.54) is 26.2 Å². The first kappa shape index (κ1) is 30.6. The van der Waals surface area contributed by atoms with Gasteiger partial charge in [0.1, 0.15) is 46.1 Å². The Kier molecular flexibility index (Phi) is 7.40. The zero-order valence-electron chi connectivity index (χ0n) is 24.4. The molecule has 1 aliphatic carbocycles. The number of pyridine rings is 2. The van der Waals surface area contributed by atoms with E-state index in [9.17, 15) is 23.5 Å². The molecule has 45 heavy (non-hydrogen) atoms. The zero-order valence-corrected chi connectivity index (χ0v) is 25.2. The molecule has 0 radical (unpaired) electrons. The van der Waals surface area contributed by atoms with Crippen molar-refractivity contribution in [3.05, 3.63) is 81.4 Å². The van der Waals surface area contributed by atoms with Crippen LogP contribution in [-0.4, -0.2) is 47.2 Å². The van der Waals surface area contributed by atoms with Crippen molar-refractivity contribution in [3.63, 3.8) is 0 Å². The predicted octanol–water partition coefficient (Wildman–Crippen LogP) is 4.85. The highest BCUT2D eigenvalue weighted by molar-refractivity contribution is 6.31. The average Bonchev–Trinajstić information content (AvgIpc) is 3.81. The lowest BCUT2D eigenvalue weighted by Gasteiger charge is -2.30. The Morgan fingerprint density at radius 1 is 1.13 bits per heavy atom. The summed E-state index contributed by atoms with van der Waals surface area (Å²) in [7, 11) is 1.45. The first-order valence-corrected chi connectivity index (χ1v) is 14.4. The van der Waals surface area contributed by atoms with E-state index in [2.05, 4.69) is 15.3 Å². The maximum atomic E-state index is 15.1. The summed E-state index contributed by atoms with van der Waals surface area (Å²) in [6, 6.07) is 7.23. The number of nitrogens with one attached hydrogen (secondary N) is 1. The van der Waals surface area contributed by atoms with Gasteiger partial charge in [0, 0.05) is 28.1 Å². The maximum absolute atomic E-state index is 15.1. The summed E-state index contributed by atoms with van der Waals surface area (Å²) in [5.41, 5.74) is 3.32. The first-order chi connectivity index (χ1) is 21.3. The summed E-state index contributed by atoms with van der Waals surface area (Å²) in [6.45, 7) is 2.72. The molecule has 1 aliphatic heterocycles. The van der Waals surface area contributed by atoms with Crippen LogP contribution in [0.5, 0.6) is 11.5 Å². The van der Waals surface area contributed by atoms with Gasteiger partial charge in [-0.3, -0.25) is 9.59 Å². The molecule has 1 saturated carbocycles. The molecule has 0 bridgehead atoms. The van der Waals surface area contributed by atoms with Gasteiger partial charge in [-0.25, -0.2) is 23.1 Å². The van der Waals surface area contributed by atoms with E-state index in [0.717, 1.165) is 0 Å². The highest BCUT2D eigenvalue weighted by Gasteiger charge is 2.50. The third kappa shape index (κ3) is 5.11. The van der Waals surface area contributed by atoms with Gasteiger partial charge in [0.25, 0.3) is 5.91 Å². The normalized spacial score (nSPS) is 18.7. The highest BCUT2D eigenvalue weighted by atomic mass is 35.5. The van der Waals surface area contributed by atoms with Gasteiger partial charge in [-0.2, -0.15) is 0 Å². The van der Waals surface area contributed by atoms with E-state index in [1.54, 1.807) is 19.1 Å². The lowest BCUT2D eigenvalue weighted by molar-refractivity contribution is -0.123. The van der Waals surface area contributed by atoms with Crippen LogP contribution in [0.4, 0.5) is 13.2 Å². The van der Waals surface area contributed by atoms with Crippen LogP contribution in [0.15, 0.2) is 36.4 Å². The van der Waals surface area contributed by atoms with Crippen LogP contribution in [-0.2, 0) is 15.8 Å². The number of fused-ring (bicyclic) bond motifs is 2. The molecule has 9 nitrogen and oxygen atoms in total. The van der Waals surface area contributed by atoms with Crippen LogP contribution >= 0.6 is 11.6 Å². The molecule has 2 aromatic heterocycles. The van der Waals surface area contributed by atoms with Crippen molar-refractivity contribution in [1.29, 1.82) is 0 Å². The van der Waals surface area contributed by atoms with Gasteiger partial charge < -0.3 is 25.6 Å². The number of hydrogen-bond donors (Lipinski definition) is 3. The monoisotopic (exact) mass is 640 g/mol. The number of methoxy groups -OCH3 is 1. The Hall–Kier alpha value is -4.42. The molecule has 1 fully saturated rings. The molecule has 234 valence electrons. The fourth-order valence-electron chi connectivity index (χ4n) is 5.63. The predicted molar refractivity (Wildman–Crippen MR) is 159 cm³/mol. The lowest BCUT2D eigenvalue weighted by atomic mass is 9.81. The summed E-state index contributed by atoms with van der Waals surface area (Å²) < 4.78 is 54.4. The second-order valence-corrected chi connectivity index (χ2v) is 12.1. The van der Waals surface area contributed by atoms with Gasteiger partial charge in [-0.05, 0) is 62.9 Å². The third-order valence-corrected chi connectivity index (χ3v) is 8.97. The lowest BCUT2D eigenvalue weighted by Crippen LogP contribution is -2.44. The quantitative estimate of drug-likeness (QED) is 0.234. The molecule has 2 atom stereocenters. The Morgan fingerprint density at radius 3 is 2.51 bits per heavy atom. The van der Waals surface area contributed by atoms with Crippen LogP contribution in [0.2, 0.25) is 5.02 Å². The number of aromatic nitrogens is 2. The van der Waals surface area contributed by atoms with Crippen molar-refractivity contribution >= 4 is 34.3 Å². The fraction of sp³-hybridized carbons (Fsp3) is 0.312. The number of nitrogens with zero attached hydrogens (tertiary/aromatic N) is 2. The Morgan fingerprint density at radius 2 is 1.84 bits per heavy atom. The molecule has 0 unspecified atom stereocenters. The Balaban J connectivity index is 1.42. The van der Waals surface area contributed by atoms with Crippen molar-refractivity contribution in [2.75, 3.05) is 20.3 Å². The molecule has 6 rings (SSSR count). The number of halogens is 4. The second-order valence-electron chi connectivity index (χ2n) is 11.7. The standard InChI is InChI=1S/C32H28ClF3N4O5/c1-14-20(33)7-15-6-16(8-24(44-3)26(15)39-14)29(41)38-12-32(43,17-4-5-17)25-10-19-28(45-13-31(19,2)30(37)42)27(40-25)18-9-22(35)23(36)11-21(18)34/h6-11,17,43H,4-5,12-13H2,1-3H3,(H2,37,42)(H,38,41)/t31-,32+/m0/s1. The minimum Gasteiger partial charge on any atom is -0.494 e. The number of carbonyl (C=O) groups excluding carboxylic acids is 2. The van der Waals surface area contributed by atoms with E-state index in [-0.39, 0.29) is 47.3 Å². The summed E-state index contributed by atoms with van der Waals surface area (Å²) in [4.78, 5) is 35.0. The van der Waals surface area contributed by atoms with Crippen molar-refractivity contribution in [1.82, 2.24) is 15.3 Å². The molecule has 4 N–H and O–H groups in total. The molecule has 4 aromatic rings. The zero-order chi connectivity index (χ0) is 32.4. The number of primary amides is 1. The number of benzene rings is 2. The molecular weight excluding hydrogens is 613 g/mol. The highest BCUT2D eigenvalue weighted by Crippen LogP contribution is 2.50. The topological polar surface area (TPSA) is 137 Å². The number of ether oxygens (including phenoxy) is 2. The number of amides is 2. The molecule has 0 saturated heterocycles. The number of rotatable bonds is 8. The number of nitrogens with two attached hydrogens (primary N) is 1. The maximum Gasteiger partial charge on any atom is 0.251 e. The van der Waals surface area contributed by atoms with E-state index < -0.39 is 45.8 Å². The minimum absolute atomic E-state index is 0.0243. The Labute approximate surface area is 260 Å². The van der Waals surface area contributed by atoms with Gasteiger partial charge in [0.05, 0.1) is 30.1 Å². The number of carbonyl (C=O) groups is 2. The molecule has 2 amide bonds. The third-order valence-electron chi connectivity index (χ3n) is 8.59. The van der Waals surface area contributed by atoms with E-state index in [1.807, 2.05) is 0 Å². The number of aryl methyl sites for hydroxylation is 1. The smallest absolute Gasteiger partial charge is 0.251 e. The number of aliphatic hydroxyl groups is 1. The molecular formula is C32H28ClF3N4O5. The van der Waals surface area contributed by atoms with Crippen molar-refractivity contribution in [3.8, 4) is 22.8 Å². The van der Waals surface area contributed by atoms with Crippen LogP contribution in [0.3, 0.4) is 0 Å². The van der Waals surface area contributed by atoms with Crippen molar-refractivity contribution in [2.24, 2.45) is 11.7 Å². The Bertz CT molecular complexity index is 1920. The van der Waals surface area contributed by atoms with Crippen LogP contribution < -0.4 is 20.5 Å². The van der Waals surface area contributed by atoms with Crippen molar-refractivity contribution < 1.29 is 37.3 Å². The van der Waals surface area contributed by atoms with Crippen LogP contribution in [0.1, 0.15) is 47.1 Å². The molecule has 2 aliphatic rings. The molecule has 0 spiro atoms. The summed E-state index contributed by atoms with van der Waals surface area (Å²) >= 11 is 6.26. The minimum atomic E-state index is -1.81. The first-order valence-electron chi connectivity index (χ1n) is 14.1. The fourth-order valence-corrected chi connectivity index (χ4v) is 5.79. The largest absolute Gasteiger partial charge is 0.494 e. The van der Waals surface area contributed by atoms with Gasteiger partial charge in [0.2, 0.25) is 5.91 Å². The van der Waals surface area contributed by atoms with Crippen LogP contribution in [0, 0.1) is 30.3 Å². The average molecular weight is 641 g/mol. The van der Waals surface area contributed by atoms with Gasteiger partial charge in [-0.15, -0.1) is 0 Å². The van der Waals surface area contributed by atoms with Gasteiger partial charge in [-0.1, -0.05) is 11.6 Å². The van der Waals surface area contributed by atoms with E-state index in [0.29, 0.717) is 52.3 Å². The SMILES string of the molecule is COc1cc(C(=O)NC[C@](O)(c2cc3c(c(-c4cc(F)c(F)cc4F)n2)OC[C@]3(C)C(N)=O)C2CC2)cc2cc(Cl)c(C)nc12. The summed E-state index contributed by atoms with van der Waals surface area (Å²) in [5.74, 6) is -5.23. The van der Waals surface area contributed by atoms with Crippen molar-refractivity contribution in [2.45, 2.75) is 37.7 Å². The molecule has 2 aromatic carbocycles. The summed E-state index contributed by atoms with van der Waals surface area (Å²) in [6.07, 6.45) is 1.16. The summed E-state index contributed by atoms with van der Waals surface area (Å²) in [5, 5.41) is 15.9. The van der Waals surface area contributed by atoms with Gasteiger partial charge >= 0.3 is 0 Å².